The Morgan fingerprint density at radius 2 is 2.38 bits per heavy atom. The van der Waals surface area contributed by atoms with E-state index in [1.54, 1.807) is 0 Å². The summed E-state index contributed by atoms with van der Waals surface area (Å²) in [6.07, 6.45) is 2.41. The van der Waals surface area contributed by atoms with Crippen LogP contribution >= 0.6 is 0 Å². The molecule has 0 aromatic rings. The molecule has 0 bridgehead atoms. The minimum atomic E-state index is 0.216. The standard InChI is InChI=1S/C10H21NO2/c1-3-4-9(2)11-5-6-13-8-10(11)7-12/h9-10,12H,3-8H2,1-2H3. The van der Waals surface area contributed by atoms with E-state index in [2.05, 4.69) is 18.7 Å². The van der Waals surface area contributed by atoms with E-state index < -0.39 is 0 Å². The summed E-state index contributed by atoms with van der Waals surface area (Å²) >= 11 is 0. The van der Waals surface area contributed by atoms with Crippen LogP contribution in [0.3, 0.4) is 0 Å². The van der Waals surface area contributed by atoms with Gasteiger partial charge in [-0.15, -0.1) is 0 Å². The van der Waals surface area contributed by atoms with Gasteiger partial charge < -0.3 is 9.84 Å². The maximum absolute atomic E-state index is 9.16. The van der Waals surface area contributed by atoms with Gasteiger partial charge in [0.1, 0.15) is 0 Å². The van der Waals surface area contributed by atoms with Crippen molar-refractivity contribution in [1.29, 1.82) is 0 Å². The number of aliphatic hydroxyl groups excluding tert-OH is 1. The molecular weight excluding hydrogens is 166 g/mol. The summed E-state index contributed by atoms with van der Waals surface area (Å²) in [6, 6.07) is 0.793. The lowest BCUT2D eigenvalue weighted by molar-refractivity contribution is -0.0453. The first-order valence-electron chi connectivity index (χ1n) is 5.24. The van der Waals surface area contributed by atoms with Gasteiger partial charge in [-0.25, -0.2) is 0 Å². The molecule has 0 aromatic carbocycles. The van der Waals surface area contributed by atoms with E-state index >= 15 is 0 Å². The molecule has 3 heteroatoms. The van der Waals surface area contributed by atoms with Gasteiger partial charge >= 0.3 is 0 Å². The summed E-state index contributed by atoms with van der Waals surface area (Å²) < 4.78 is 5.33. The normalized spacial score (nSPS) is 27.5. The number of rotatable bonds is 4. The van der Waals surface area contributed by atoms with Crippen molar-refractivity contribution in [1.82, 2.24) is 4.90 Å². The number of hydrogen-bond donors (Lipinski definition) is 1. The highest BCUT2D eigenvalue weighted by Crippen LogP contribution is 2.14. The van der Waals surface area contributed by atoms with Crippen LogP contribution in [0.5, 0.6) is 0 Å². The molecule has 3 nitrogen and oxygen atoms in total. The molecule has 1 aliphatic rings. The number of morpholine rings is 1. The Morgan fingerprint density at radius 3 is 3.00 bits per heavy atom. The van der Waals surface area contributed by atoms with Crippen molar-refractivity contribution in [3.8, 4) is 0 Å². The van der Waals surface area contributed by atoms with E-state index in [-0.39, 0.29) is 12.6 Å². The maximum Gasteiger partial charge on any atom is 0.0644 e. The van der Waals surface area contributed by atoms with E-state index in [9.17, 15) is 0 Å². The smallest absolute Gasteiger partial charge is 0.0644 e. The second-order valence-corrected chi connectivity index (χ2v) is 3.79. The lowest BCUT2D eigenvalue weighted by Gasteiger charge is -2.38. The Balaban J connectivity index is 2.43. The molecule has 0 radical (unpaired) electrons. The monoisotopic (exact) mass is 187 g/mol. The SMILES string of the molecule is CCCC(C)N1CCOCC1CO. The average molecular weight is 187 g/mol. The molecule has 1 N–H and O–H groups in total. The number of ether oxygens (including phenoxy) is 1. The summed E-state index contributed by atoms with van der Waals surface area (Å²) in [5.74, 6) is 0. The molecule has 1 heterocycles. The van der Waals surface area contributed by atoms with E-state index in [4.69, 9.17) is 9.84 Å². The predicted octanol–water partition coefficient (Wildman–Crippen LogP) is 0.868. The van der Waals surface area contributed by atoms with Gasteiger partial charge in [-0.2, -0.15) is 0 Å². The fraction of sp³-hybridized carbons (Fsp3) is 1.00. The lowest BCUT2D eigenvalue weighted by Crippen LogP contribution is -2.51. The van der Waals surface area contributed by atoms with Crippen LogP contribution in [0.15, 0.2) is 0 Å². The molecule has 1 fully saturated rings. The Morgan fingerprint density at radius 1 is 1.62 bits per heavy atom. The third-order valence-electron chi connectivity index (χ3n) is 2.76. The molecule has 2 unspecified atom stereocenters. The zero-order valence-corrected chi connectivity index (χ0v) is 8.70. The zero-order chi connectivity index (χ0) is 9.68. The predicted molar refractivity (Wildman–Crippen MR) is 52.8 cm³/mol. The number of nitrogens with zero attached hydrogens (tertiary/aromatic N) is 1. The molecule has 0 aromatic heterocycles. The largest absolute Gasteiger partial charge is 0.395 e. The third-order valence-corrected chi connectivity index (χ3v) is 2.76. The molecule has 0 aliphatic carbocycles. The molecule has 0 saturated carbocycles. The van der Waals surface area contributed by atoms with Gasteiger partial charge in [-0.3, -0.25) is 4.90 Å². The fourth-order valence-electron chi connectivity index (χ4n) is 1.99. The van der Waals surface area contributed by atoms with Crippen molar-refractivity contribution >= 4 is 0 Å². The minimum Gasteiger partial charge on any atom is -0.395 e. The quantitative estimate of drug-likeness (QED) is 0.709. The first-order chi connectivity index (χ1) is 6.29. The maximum atomic E-state index is 9.16. The third kappa shape index (κ3) is 2.93. The van der Waals surface area contributed by atoms with Gasteiger partial charge in [-0.1, -0.05) is 13.3 Å². The molecule has 1 saturated heterocycles. The van der Waals surface area contributed by atoms with Gasteiger partial charge in [0.15, 0.2) is 0 Å². The highest BCUT2D eigenvalue weighted by molar-refractivity contribution is 4.78. The van der Waals surface area contributed by atoms with Gasteiger partial charge in [0, 0.05) is 12.6 Å². The van der Waals surface area contributed by atoms with Crippen molar-refractivity contribution in [2.24, 2.45) is 0 Å². The second kappa shape index (κ2) is 5.58. The first-order valence-corrected chi connectivity index (χ1v) is 5.24. The first kappa shape index (κ1) is 11.0. The van der Waals surface area contributed by atoms with Crippen LogP contribution in [0.25, 0.3) is 0 Å². The summed E-state index contributed by atoms with van der Waals surface area (Å²) in [7, 11) is 0. The Labute approximate surface area is 80.7 Å². The topological polar surface area (TPSA) is 32.7 Å². The van der Waals surface area contributed by atoms with Crippen LogP contribution in [0.4, 0.5) is 0 Å². The van der Waals surface area contributed by atoms with Gasteiger partial charge in [-0.05, 0) is 13.3 Å². The van der Waals surface area contributed by atoms with Gasteiger partial charge in [0.25, 0.3) is 0 Å². The van der Waals surface area contributed by atoms with Gasteiger partial charge in [0.2, 0.25) is 0 Å². The van der Waals surface area contributed by atoms with E-state index in [1.807, 2.05) is 0 Å². The van der Waals surface area contributed by atoms with E-state index in [1.165, 1.54) is 12.8 Å². The number of aliphatic hydroxyl groups is 1. The molecule has 78 valence electrons. The highest BCUT2D eigenvalue weighted by Gasteiger charge is 2.25. The van der Waals surface area contributed by atoms with Crippen molar-refractivity contribution in [2.75, 3.05) is 26.4 Å². The van der Waals surface area contributed by atoms with Crippen LogP contribution in [0.1, 0.15) is 26.7 Å². The van der Waals surface area contributed by atoms with E-state index in [0.29, 0.717) is 12.6 Å². The van der Waals surface area contributed by atoms with Crippen LogP contribution in [-0.2, 0) is 4.74 Å². The molecule has 1 rings (SSSR count). The average Bonchev–Trinajstić information content (AvgIpc) is 2.18. The summed E-state index contributed by atoms with van der Waals surface area (Å²) in [4.78, 5) is 2.37. The van der Waals surface area contributed by atoms with Gasteiger partial charge in [0.05, 0.1) is 25.9 Å². The Bertz CT molecular complexity index is 141. The van der Waals surface area contributed by atoms with E-state index in [0.717, 1.165) is 13.2 Å². The van der Waals surface area contributed by atoms with Crippen LogP contribution in [0.2, 0.25) is 0 Å². The Kier molecular flexibility index (Phi) is 4.70. The molecule has 0 spiro atoms. The van der Waals surface area contributed by atoms with Crippen LogP contribution < -0.4 is 0 Å². The summed E-state index contributed by atoms with van der Waals surface area (Å²) in [5.41, 5.74) is 0. The fourth-order valence-corrected chi connectivity index (χ4v) is 1.99. The van der Waals surface area contributed by atoms with Crippen LogP contribution in [-0.4, -0.2) is 48.5 Å². The molecule has 1 aliphatic heterocycles. The molecule has 0 amide bonds. The van der Waals surface area contributed by atoms with Crippen molar-refractivity contribution < 1.29 is 9.84 Å². The van der Waals surface area contributed by atoms with Crippen molar-refractivity contribution in [3.63, 3.8) is 0 Å². The molecule has 13 heavy (non-hydrogen) atoms. The number of hydrogen-bond acceptors (Lipinski definition) is 3. The van der Waals surface area contributed by atoms with Crippen LogP contribution in [0, 0.1) is 0 Å². The summed E-state index contributed by atoms with van der Waals surface area (Å²) in [6.45, 7) is 7.11. The Hall–Kier alpha value is -0.120. The lowest BCUT2D eigenvalue weighted by atomic mass is 10.1. The highest BCUT2D eigenvalue weighted by atomic mass is 16.5. The van der Waals surface area contributed by atoms with Crippen molar-refractivity contribution in [2.45, 2.75) is 38.8 Å². The molecular formula is C10H21NO2. The minimum absolute atomic E-state index is 0.216. The molecule has 2 atom stereocenters. The second-order valence-electron chi connectivity index (χ2n) is 3.79. The van der Waals surface area contributed by atoms with Crippen molar-refractivity contribution in [3.05, 3.63) is 0 Å². The summed E-state index contributed by atoms with van der Waals surface area (Å²) in [5, 5.41) is 9.16. The zero-order valence-electron chi connectivity index (χ0n) is 8.70.